The highest BCUT2D eigenvalue weighted by Crippen LogP contribution is 2.18. The fourth-order valence-electron chi connectivity index (χ4n) is 1.73. The molecule has 0 N–H and O–H groups in total. The monoisotopic (exact) mass is 286 g/mol. The molecule has 20 heavy (non-hydrogen) atoms. The second-order valence-electron chi connectivity index (χ2n) is 4.10. The van der Waals surface area contributed by atoms with E-state index in [1.165, 1.54) is 0 Å². The first-order chi connectivity index (χ1) is 9.38. The van der Waals surface area contributed by atoms with E-state index in [4.69, 9.17) is 0 Å². The first-order valence-electron chi connectivity index (χ1n) is 5.50. The van der Waals surface area contributed by atoms with Crippen LogP contribution in [0.2, 0.25) is 0 Å². The van der Waals surface area contributed by atoms with Gasteiger partial charge >= 0.3 is 0 Å². The molecule has 2 rings (SSSR count). The van der Waals surface area contributed by atoms with Gasteiger partial charge < -0.3 is 0 Å². The Morgan fingerprint density at radius 3 is 2.05 bits per heavy atom. The van der Waals surface area contributed by atoms with Crippen molar-refractivity contribution < 1.29 is 26.7 Å². The zero-order chi connectivity index (χ0) is 14.9. The number of hydrogen-bond donors (Lipinski definition) is 0. The van der Waals surface area contributed by atoms with E-state index in [9.17, 15) is 26.7 Å². The Bertz CT molecular complexity index is 661. The number of hydrogen-bond acceptors (Lipinski definition) is 1. The third-order valence-electron chi connectivity index (χ3n) is 2.62. The van der Waals surface area contributed by atoms with Crippen LogP contribution >= 0.6 is 0 Å². The van der Waals surface area contributed by atoms with Crippen LogP contribution in [0.25, 0.3) is 0 Å². The van der Waals surface area contributed by atoms with Crippen LogP contribution in [0.3, 0.4) is 0 Å². The molecule has 0 saturated carbocycles. The molecule has 0 aliphatic heterocycles. The summed E-state index contributed by atoms with van der Waals surface area (Å²) >= 11 is 0. The van der Waals surface area contributed by atoms with Crippen LogP contribution in [0.5, 0.6) is 0 Å². The second-order valence-corrected chi connectivity index (χ2v) is 4.10. The molecule has 0 atom stereocenters. The highest BCUT2D eigenvalue weighted by Gasteiger charge is 2.19. The van der Waals surface area contributed by atoms with E-state index in [2.05, 4.69) is 0 Å². The van der Waals surface area contributed by atoms with Gasteiger partial charge in [0.15, 0.2) is 23.2 Å². The maximum Gasteiger partial charge on any atom is 0.195 e. The summed E-state index contributed by atoms with van der Waals surface area (Å²) in [4.78, 5) is 11.7. The van der Waals surface area contributed by atoms with E-state index < -0.39 is 46.9 Å². The van der Waals surface area contributed by atoms with E-state index in [0.717, 1.165) is 18.2 Å². The summed E-state index contributed by atoms with van der Waals surface area (Å²) in [5.41, 5.74) is -0.704. The van der Waals surface area contributed by atoms with Crippen LogP contribution in [-0.4, -0.2) is 5.78 Å². The molecule has 6 heteroatoms. The topological polar surface area (TPSA) is 17.1 Å². The van der Waals surface area contributed by atoms with Gasteiger partial charge in [-0.15, -0.1) is 0 Å². The minimum Gasteiger partial charge on any atom is -0.294 e. The fraction of sp³-hybridized carbons (Fsp3) is 0.0714. The van der Waals surface area contributed by atoms with Crippen LogP contribution in [0, 0.1) is 29.1 Å². The quantitative estimate of drug-likeness (QED) is 0.476. The van der Waals surface area contributed by atoms with Gasteiger partial charge in [0, 0.05) is 12.5 Å². The van der Waals surface area contributed by atoms with Crippen molar-refractivity contribution in [2.75, 3.05) is 0 Å². The smallest absolute Gasteiger partial charge is 0.195 e. The molecular formula is C14H7F5O. The Balaban J connectivity index is 2.31. The molecule has 0 aliphatic carbocycles. The molecular weight excluding hydrogens is 279 g/mol. The lowest BCUT2D eigenvalue weighted by atomic mass is 10.0. The van der Waals surface area contributed by atoms with Crippen molar-refractivity contribution in [3.8, 4) is 0 Å². The third kappa shape index (κ3) is 2.84. The fourth-order valence-corrected chi connectivity index (χ4v) is 1.73. The first-order valence-corrected chi connectivity index (χ1v) is 5.50. The van der Waals surface area contributed by atoms with Gasteiger partial charge in [-0.05, 0) is 29.8 Å². The van der Waals surface area contributed by atoms with Crippen molar-refractivity contribution in [1.82, 2.24) is 0 Å². The standard InChI is InChI=1S/C14H7F5O/c15-8-3-7(4-9(16)6-8)5-12(20)10-1-2-11(17)14(19)13(10)18/h1-4,6H,5H2. The number of carbonyl (C=O) groups is 1. The van der Waals surface area contributed by atoms with Gasteiger partial charge in [0.2, 0.25) is 0 Å². The average molecular weight is 286 g/mol. The summed E-state index contributed by atoms with van der Waals surface area (Å²) in [5, 5.41) is 0. The Hall–Kier alpha value is -2.24. The van der Waals surface area contributed by atoms with Crippen molar-refractivity contribution in [2.45, 2.75) is 6.42 Å². The second kappa shape index (κ2) is 5.40. The molecule has 104 valence electrons. The Labute approximate surface area is 110 Å². The minimum atomic E-state index is -1.76. The largest absolute Gasteiger partial charge is 0.294 e. The van der Waals surface area contributed by atoms with Gasteiger partial charge in [0.25, 0.3) is 0 Å². The summed E-state index contributed by atoms with van der Waals surface area (Å²) < 4.78 is 65.0. The van der Waals surface area contributed by atoms with Crippen LogP contribution in [-0.2, 0) is 6.42 Å². The number of benzene rings is 2. The maximum atomic E-state index is 13.4. The lowest BCUT2D eigenvalue weighted by Crippen LogP contribution is -2.09. The summed E-state index contributed by atoms with van der Waals surface area (Å²) in [7, 11) is 0. The molecule has 1 nitrogen and oxygen atoms in total. The van der Waals surface area contributed by atoms with Crippen molar-refractivity contribution >= 4 is 5.78 Å². The zero-order valence-corrected chi connectivity index (χ0v) is 9.89. The average Bonchev–Trinajstić information content (AvgIpc) is 2.34. The molecule has 0 amide bonds. The van der Waals surface area contributed by atoms with Gasteiger partial charge in [-0.2, -0.15) is 0 Å². The SMILES string of the molecule is O=C(Cc1cc(F)cc(F)c1)c1ccc(F)c(F)c1F. The van der Waals surface area contributed by atoms with Crippen LogP contribution in [0.4, 0.5) is 22.0 Å². The molecule has 0 radical (unpaired) electrons. The molecule has 0 saturated heterocycles. The Morgan fingerprint density at radius 1 is 0.850 bits per heavy atom. The molecule has 0 bridgehead atoms. The summed E-state index contributed by atoms with van der Waals surface area (Å²) in [6, 6.07) is 3.81. The van der Waals surface area contributed by atoms with E-state index in [1.54, 1.807) is 0 Å². The highest BCUT2D eigenvalue weighted by atomic mass is 19.2. The molecule has 0 aliphatic rings. The maximum absolute atomic E-state index is 13.4. The molecule has 0 spiro atoms. The van der Waals surface area contributed by atoms with Gasteiger partial charge in [0.05, 0.1) is 5.56 Å². The number of carbonyl (C=O) groups excluding carboxylic acids is 1. The number of rotatable bonds is 3. The normalized spacial score (nSPS) is 10.7. The lowest BCUT2D eigenvalue weighted by Gasteiger charge is -2.05. The van der Waals surface area contributed by atoms with Gasteiger partial charge in [-0.1, -0.05) is 0 Å². The van der Waals surface area contributed by atoms with Crippen LogP contribution < -0.4 is 0 Å². The van der Waals surface area contributed by atoms with E-state index >= 15 is 0 Å². The van der Waals surface area contributed by atoms with Crippen molar-refractivity contribution in [1.29, 1.82) is 0 Å². The summed E-state index contributed by atoms with van der Waals surface area (Å²) in [5.74, 6) is -7.49. The molecule has 0 unspecified atom stereocenters. The number of Topliss-reactive ketones (excluding diaryl/α,β-unsaturated/α-hetero) is 1. The lowest BCUT2D eigenvalue weighted by molar-refractivity contribution is 0.0988. The summed E-state index contributed by atoms with van der Waals surface area (Å²) in [6.07, 6.45) is -0.531. The number of halogens is 5. The Kier molecular flexibility index (Phi) is 3.83. The van der Waals surface area contributed by atoms with Gasteiger partial charge in [0.1, 0.15) is 11.6 Å². The molecule has 0 fully saturated rings. The van der Waals surface area contributed by atoms with Gasteiger partial charge in [-0.25, -0.2) is 22.0 Å². The van der Waals surface area contributed by atoms with Crippen molar-refractivity contribution in [3.05, 3.63) is 70.5 Å². The van der Waals surface area contributed by atoms with Crippen LogP contribution in [0.1, 0.15) is 15.9 Å². The summed E-state index contributed by atoms with van der Waals surface area (Å²) in [6.45, 7) is 0. The van der Waals surface area contributed by atoms with Crippen molar-refractivity contribution in [2.24, 2.45) is 0 Å². The van der Waals surface area contributed by atoms with E-state index in [1.807, 2.05) is 0 Å². The molecule has 0 heterocycles. The third-order valence-corrected chi connectivity index (χ3v) is 2.62. The molecule has 2 aromatic carbocycles. The highest BCUT2D eigenvalue weighted by molar-refractivity contribution is 5.97. The molecule has 2 aromatic rings. The number of ketones is 1. The van der Waals surface area contributed by atoms with Crippen molar-refractivity contribution in [3.63, 3.8) is 0 Å². The minimum absolute atomic E-state index is 0.0309. The zero-order valence-electron chi connectivity index (χ0n) is 9.89. The predicted molar refractivity (Wildman–Crippen MR) is 60.7 cm³/mol. The predicted octanol–water partition coefficient (Wildman–Crippen LogP) is 3.81. The Morgan fingerprint density at radius 2 is 1.45 bits per heavy atom. The molecule has 0 aromatic heterocycles. The van der Waals surface area contributed by atoms with E-state index in [0.29, 0.717) is 12.1 Å². The van der Waals surface area contributed by atoms with Gasteiger partial charge in [-0.3, -0.25) is 4.79 Å². The first kappa shape index (κ1) is 14.2. The van der Waals surface area contributed by atoms with E-state index in [-0.39, 0.29) is 5.56 Å². The van der Waals surface area contributed by atoms with Crippen LogP contribution in [0.15, 0.2) is 30.3 Å².